The minimum absolute atomic E-state index is 0.292. The first kappa shape index (κ1) is 17.9. The third kappa shape index (κ3) is 6.01. The number of alkyl carbamates (subject to hydrolysis) is 1. The lowest BCUT2D eigenvalue weighted by atomic mass is 10.3. The molecular weight excluding hydrogens is 330 g/mol. The fourth-order valence-corrected chi connectivity index (χ4v) is 2.07. The second-order valence-corrected chi connectivity index (χ2v) is 5.33. The van der Waals surface area contributed by atoms with E-state index in [0.717, 1.165) is 12.2 Å². The van der Waals surface area contributed by atoms with Crippen molar-refractivity contribution >= 4 is 17.7 Å². The number of hydrogen-bond donors (Lipinski definition) is 1. The van der Waals surface area contributed by atoms with E-state index < -0.39 is 6.09 Å². The van der Waals surface area contributed by atoms with Gasteiger partial charge in [-0.25, -0.2) is 4.79 Å². The summed E-state index contributed by atoms with van der Waals surface area (Å²) < 4.78 is 16.1. The highest BCUT2D eigenvalue weighted by atomic mass is 35.5. The van der Waals surface area contributed by atoms with Gasteiger partial charge in [0, 0.05) is 6.07 Å². The summed E-state index contributed by atoms with van der Waals surface area (Å²) in [7, 11) is 0. The van der Waals surface area contributed by atoms with Gasteiger partial charge >= 0.3 is 6.09 Å². The molecule has 0 bridgehead atoms. The summed E-state index contributed by atoms with van der Waals surface area (Å²) in [6.07, 6.45) is 0.342. The highest BCUT2D eigenvalue weighted by Crippen LogP contribution is 2.31. The number of hydrogen-bond acceptors (Lipinski definition) is 4. The van der Waals surface area contributed by atoms with Crippen molar-refractivity contribution in [3.63, 3.8) is 0 Å². The van der Waals surface area contributed by atoms with Crippen LogP contribution in [-0.2, 0) is 4.74 Å². The Kier molecular flexibility index (Phi) is 7.23. The quantitative estimate of drug-likeness (QED) is 0.705. The predicted molar refractivity (Wildman–Crippen MR) is 93.1 cm³/mol. The van der Waals surface area contributed by atoms with Gasteiger partial charge in [-0.1, -0.05) is 36.7 Å². The molecule has 0 spiro atoms. The van der Waals surface area contributed by atoms with Crippen LogP contribution in [0.2, 0.25) is 5.02 Å². The van der Waals surface area contributed by atoms with Crippen LogP contribution in [0.1, 0.15) is 13.3 Å². The van der Waals surface area contributed by atoms with Gasteiger partial charge in [0.25, 0.3) is 0 Å². The second-order valence-electron chi connectivity index (χ2n) is 4.92. The van der Waals surface area contributed by atoms with Crippen LogP contribution in [0.3, 0.4) is 0 Å². The van der Waals surface area contributed by atoms with Gasteiger partial charge in [-0.05, 0) is 30.7 Å². The highest BCUT2D eigenvalue weighted by molar-refractivity contribution is 6.32. The van der Waals surface area contributed by atoms with Crippen LogP contribution in [-0.4, -0.2) is 25.9 Å². The standard InChI is InChI=1S/C18H20ClNO4/c1-2-11-23-18(21)20-10-12-22-17-9-8-15(13-16(17)19)24-14-6-4-3-5-7-14/h3-9,13H,2,10-12H2,1H3,(H,20,21). The average Bonchev–Trinajstić information content (AvgIpc) is 2.59. The smallest absolute Gasteiger partial charge is 0.407 e. The van der Waals surface area contributed by atoms with Gasteiger partial charge in [0.1, 0.15) is 23.9 Å². The number of carbonyl (C=O) groups is 1. The van der Waals surface area contributed by atoms with Crippen molar-refractivity contribution < 1.29 is 19.0 Å². The average molecular weight is 350 g/mol. The van der Waals surface area contributed by atoms with Gasteiger partial charge in [-0.3, -0.25) is 0 Å². The van der Waals surface area contributed by atoms with Crippen LogP contribution in [0.4, 0.5) is 4.79 Å². The van der Waals surface area contributed by atoms with Crippen molar-refractivity contribution in [1.29, 1.82) is 0 Å². The number of amides is 1. The lowest BCUT2D eigenvalue weighted by Crippen LogP contribution is -2.28. The molecule has 2 aromatic rings. The van der Waals surface area contributed by atoms with E-state index in [4.69, 9.17) is 25.8 Å². The molecule has 2 rings (SSSR count). The molecule has 0 radical (unpaired) electrons. The van der Waals surface area contributed by atoms with Crippen LogP contribution in [0, 0.1) is 0 Å². The first-order valence-electron chi connectivity index (χ1n) is 7.75. The maximum Gasteiger partial charge on any atom is 0.407 e. The first-order valence-corrected chi connectivity index (χ1v) is 8.12. The van der Waals surface area contributed by atoms with Gasteiger partial charge in [0.05, 0.1) is 18.2 Å². The van der Waals surface area contributed by atoms with E-state index in [-0.39, 0.29) is 0 Å². The topological polar surface area (TPSA) is 56.8 Å². The Balaban J connectivity index is 1.79. The zero-order valence-electron chi connectivity index (χ0n) is 13.5. The summed E-state index contributed by atoms with van der Waals surface area (Å²) in [5.74, 6) is 1.89. The Morgan fingerprint density at radius 1 is 1.08 bits per heavy atom. The summed E-state index contributed by atoms with van der Waals surface area (Å²) in [6, 6.07) is 14.6. The zero-order chi connectivity index (χ0) is 17.2. The molecule has 0 atom stereocenters. The second kappa shape index (κ2) is 9.67. The normalized spacial score (nSPS) is 10.1. The molecule has 5 nitrogen and oxygen atoms in total. The molecule has 0 saturated carbocycles. The summed E-state index contributed by atoms with van der Waals surface area (Å²) >= 11 is 6.19. The molecule has 24 heavy (non-hydrogen) atoms. The summed E-state index contributed by atoms with van der Waals surface area (Å²) in [4.78, 5) is 11.3. The summed E-state index contributed by atoms with van der Waals surface area (Å²) in [5.41, 5.74) is 0. The molecule has 0 fully saturated rings. The number of ether oxygens (including phenoxy) is 3. The monoisotopic (exact) mass is 349 g/mol. The molecule has 1 amide bonds. The van der Waals surface area contributed by atoms with Crippen LogP contribution in [0.25, 0.3) is 0 Å². The Hall–Kier alpha value is -2.40. The van der Waals surface area contributed by atoms with Crippen molar-refractivity contribution in [1.82, 2.24) is 5.32 Å². The summed E-state index contributed by atoms with van der Waals surface area (Å²) in [6.45, 7) is 2.96. The van der Waals surface area contributed by atoms with Gasteiger partial charge in [-0.15, -0.1) is 0 Å². The molecule has 0 saturated heterocycles. The Bertz CT molecular complexity index is 649. The largest absolute Gasteiger partial charge is 0.490 e. The number of carbonyl (C=O) groups excluding carboxylic acids is 1. The molecule has 0 aliphatic rings. The molecule has 0 aliphatic heterocycles. The van der Waals surface area contributed by atoms with E-state index >= 15 is 0 Å². The van der Waals surface area contributed by atoms with Crippen molar-refractivity contribution in [3.8, 4) is 17.2 Å². The molecule has 128 valence electrons. The van der Waals surface area contributed by atoms with E-state index in [2.05, 4.69) is 5.32 Å². The van der Waals surface area contributed by atoms with E-state index in [1.54, 1.807) is 18.2 Å². The number of para-hydroxylation sites is 1. The number of nitrogens with one attached hydrogen (secondary N) is 1. The molecule has 1 N–H and O–H groups in total. The van der Waals surface area contributed by atoms with Gasteiger partial charge < -0.3 is 19.5 Å². The molecule has 0 unspecified atom stereocenters. The zero-order valence-corrected chi connectivity index (χ0v) is 14.2. The Labute approximate surface area is 146 Å². The molecule has 0 heterocycles. The minimum Gasteiger partial charge on any atom is -0.490 e. The molecule has 2 aromatic carbocycles. The molecule has 6 heteroatoms. The van der Waals surface area contributed by atoms with Crippen LogP contribution in [0.5, 0.6) is 17.2 Å². The van der Waals surface area contributed by atoms with Crippen molar-refractivity contribution in [2.24, 2.45) is 0 Å². The van der Waals surface area contributed by atoms with E-state index in [9.17, 15) is 4.79 Å². The van der Waals surface area contributed by atoms with Crippen molar-refractivity contribution in [3.05, 3.63) is 53.6 Å². The third-order valence-electron chi connectivity index (χ3n) is 2.95. The van der Waals surface area contributed by atoms with Gasteiger partial charge in [0.15, 0.2) is 0 Å². The van der Waals surface area contributed by atoms with Crippen molar-refractivity contribution in [2.75, 3.05) is 19.8 Å². The lowest BCUT2D eigenvalue weighted by molar-refractivity contribution is 0.144. The lowest BCUT2D eigenvalue weighted by Gasteiger charge is -2.11. The third-order valence-corrected chi connectivity index (χ3v) is 3.24. The van der Waals surface area contributed by atoms with E-state index in [0.29, 0.717) is 36.3 Å². The highest BCUT2D eigenvalue weighted by Gasteiger charge is 2.06. The van der Waals surface area contributed by atoms with Crippen LogP contribution < -0.4 is 14.8 Å². The van der Waals surface area contributed by atoms with Crippen LogP contribution in [0.15, 0.2) is 48.5 Å². The number of halogens is 1. The van der Waals surface area contributed by atoms with Crippen LogP contribution >= 0.6 is 11.6 Å². The molecule has 0 aliphatic carbocycles. The first-order chi connectivity index (χ1) is 11.7. The number of rotatable bonds is 8. The predicted octanol–water partition coefficient (Wildman–Crippen LogP) is 4.65. The Morgan fingerprint density at radius 3 is 2.58 bits per heavy atom. The summed E-state index contributed by atoms with van der Waals surface area (Å²) in [5, 5.41) is 3.04. The fraction of sp³-hybridized carbons (Fsp3) is 0.278. The fourth-order valence-electron chi connectivity index (χ4n) is 1.85. The minimum atomic E-state index is -0.446. The number of benzene rings is 2. The molecular formula is C18H20ClNO4. The maximum atomic E-state index is 11.3. The Morgan fingerprint density at radius 2 is 1.88 bits per heavy atom. The van der Waals surface area contributed by atoms with E-state index in [1.165, 1.54) is 0 Å². The maximum absolute atomic E-state index is 11.3. The van der Waals surface area contributed by atoms with Gasteiger partial charge in [-0.2, -0.15) is 0 Å². The SMILES string of the molecule is CCCOC(=O)NCCOc1ccc(Oc2ccccc2)cc1Cl. The van der Waals surface area contributed by atoms with Crippen molar-refractivity contribution in [2.45, 2.75) is 13.3 Å². The van der Waals surface area contributed by atoms with Gasteiger partial charge in [0.2, 0.25) is 0 Å². The van der Waals surface area contributed by atoms with E-state index in [1.807, 2.05) is 37.3 Å². The molecule has 0 aromatic heterocycles.